The van der Waals surface area contributed by atoms with Gasteiger partial charge in [-0.3, -0.25) is 4.90 Å². The molecule has 2 rings (SSSR count). The zero-order valence-corrected chi connectivity index (χ0v) is 11.2. The lowest BCUT2D eigenvalue weighted by atomic mass is 10.0. The van der Waals surface area contributed by atoms with Crippen LogP contribution in [0.1, 0.15) is 37.3 Å². The van der Waals surface area contributed by atoms with E-state index in [1.54, 1.807) is 7.11 Å². The highest BCUT2D eigenvalue weighted by atomic mass is 16.5. The monoisotopic (exact) mass is 233 g/mol. The second kappa shape index (κ2) is 5.54. The first kappa shape index (κ1) is 12.4. The van der Waals surface area contributed by atoms with E-state index in [-0.39, 0.29) is 0 Å². The summed E-state index contributed by atoms with van der Waals surface area (Å²) in [7, 11) is 1.73. The third-order valence-electron chi connectivity index (χ3n) is 3.79. The minimum absolute atomic E-state index is 0.728. The lowest BCUT2D eigenvalue weighted by molar-refractivity contribution is 0.152. The van der Waals surface area contributed by atoms with E-state index < -0.39 is 0 Å². The Hall–Kier alpha value is -1.02. The molecule has 1 aromatic rings. The van der Waals surface area contributed by atoms with E-state index in [1.807, 2.05) is 0 Å². The van der Waals surface area contributed by atoms with Crippen molar-refractivity contribution < 1.29 is 4.74 Å². The fourth-order valence-electron chi connectivity index (χ4n) is 2.67. The van der Waals surface area contributed by atoms with Crippen molar-refractivity contribution in [1.82, 2.24) is 4.90 Å². The highest BCUT2D eigenvalue weighted by Gasteiger charge is 2.18. The molecule has 2 nitrogen and oxygen atoms in total. The molecular formula is C15H23NO. The van der Waals surface area contributed by atoms with Crippen molar-refractivity contribution in [1.29, 1.82) is 0 Å². The van der Waals surface area contributed by atoms with Crippen molar-refractivity contribution in [3.05, 3.63) is 29.3 Å². The Morgan fingerprint density at radius 1 is 1.35 bits per heavy atom. The molecule has 0 amide bonds. The second-order valence-corrected chi connectivity index (χ2v) is 5.12. The number of ether oxygens (including phenoxy) is 1. The second-order valence-electron chi connectivity index (χ2n) is 5.12. The lowest BCUT2D eigenvalue weighted by Crippen LogP contribution is -2.36. The van der Waals surface area contributed by atoms with Gasteiger partial charge in [-0.15, -0.1) is 0 Å². The largest absolute Gasteiger partial charge is 0.496 e. The molecule has 1 aromatic carbocycles. The first-order valence-electron chi connectivity index (χ1n) is 6.58. The van der Waals surface area contributed by atoms with E-state index >= 15 is 0 Å². The zero-order valence-electron chi connectivity index (χ0n) is 11.2. The molecule has 1 fully saturated rings. The average Bonchev–Trinajstić information content (AvgIpc) is 2.32. The van der Waals surface area contributed by atoms with Crippen LogP contribution in [-0.4, -0.2) is 24.6 Å². The minimum atomic E-state index is 0.728. The number of benzene rings is 1. The topological polar surface area (TPSA) is 12.5 Å². The summed E-state index contributed by atoms with van der Waals surface area (Å²) in [4.78, 5) is 2.59. The molecule has 1 atom stereocenters. The number of aryl methyl sites for hydroxylation is 1. The molecule has 0 unspecified atom stereocenters. The Balaban J connectivity index is 2.05. The van der Waals surface area contributed by atoms with Crippen LogP contribution in [0.2, 0.25) is 0 Å². The number of piperidine rings is 1. The Morgan fingerprint density at radius 3 is 2.82 bits per heavy atom. The van der Waals surface area contributed by atoms with Gasteiger partial charge < -0.3 is 4.74 Å². The van der Waals surface area contributed by atoms with E-state index in [0.29, 0.717) is 0 Å². The number of hydrogen-bond acceptors (Lipinski definition) is 2. The number of nitrogens with zero attached hydrogens (tertiary/aromatic N) is 1. The first-order chi connectivity index (χ1) is 8.20. The summed E-state index contributed by atoms with van der Waals surface area (Å²) in [6.45, 7) is 6.77. The highest BCUT2D eigenvalue weighted by Crippen LogP contribution is 2.22. The summed E-state index contributed by atoms with van der Waals surface area (Å²) >= 11 is 0. The molecule has 0 aromatic heterocycles. The van der Waals surface area contributed by atoms with Gasteiger partial charge in [-0.05, 0) is 50.4 Å². The number of rotatable bonds is 3. The van der Waals surface area contributed by atoms with Gasteiger partial charge in [0.05, 0.1) is 7.11 Å². The molecule has 1 aliphatic heterocycles. The fourth-order valence-corrected chi connectivity index (χ4v) is 2.67. The Labute approximate surface area is 105 Å². The summed E-state index contributed by atoms with van der Waals surface area (Å²) < 4.78 is 5.30. The minimum Gasteiger partial charge on any atom is -0.496 e. The summed E-state index contributed by atoms with van der Waals surface area (Å²) in [5.74, 6) is 0.987. The van der Waals surface area contributed by atoms with Crippen molar-refractivity contribution in [3.8, 4) is 5.75 Å². The average molecular weight is 233 g/mol. The predicted molar refractivity (Wildman–Crippen MR) is 71.5 cm³/mol. The van der Waals surface area contributed by atoms with Crippen LogP contribution in [0.3, 0.4) is 0 Å². The van der Waals surface area contributed by atoms with Gasteiger partial charge in [-0.25, -0.2) is 0 Å². The summed E-state index contributed by atoms with van der Waals surface area (Å²) in [5, 5.41) is 0. The molecular weight excluding hydrogens is 210 g/mol. The summed E-state index contributed by atoms with van der Waals surface area (Å²) in [6, 6.07) is 7.25. The van der Waals surface area contributed by atoms with Crippen LogP contribution in [0.4, 0.5) is 0 Å². The van der Waals surface area contributed by atoms with Crippen molar-refractivity contribution in [2.24, 2.45) is 0 Å². The van der Waals surface area contributed by atoms with Gasteiger partial charge in [0.1, 0.15) is 5.75 Å². The quantitative estimate of drug-likeness (QED) is 0.793. The molecule has 1 heterocycles. The maximum atomic E-state index is 5.30. The smallest absolute Gasteiger partial charge is 0.121 e. The normalized spacial score (nSPS) is 21.5. The van der Waals surface area contributed by atoms with Gasteiger partial charge in [-0.2, -0.15) is 0 Å². The van der Waals surface area contributed by atoms with Crippen molar-refractivity contribution in [2.75, 3.05) is 13.7 Å². The van der Waals surface area contributed by atoms with Gasteiger partial charge in [0.15, 0.2) is 0 Å². The van der Waals surface area contributed by atoms with Crippen LogP contribution in [0.15, 0.2) is 18.2 Å². The van der Waals surface area contributed by atoms with E-state index in [1.165, 1.54) is 36.9 Å². The van der Waals surface area contributed by atoms with Crippen molar-refractivity contribution in [2.45, 2.75) is 45.7 Å². The summed E-state index contributed by atoms with van der Waals surface area (Å²) in [5.41, 5.74) is 2.63. The van der Waals surface area contributed by atoms with E-state index in [4.69, 9.17) is 4.74 Å². The third kappa shape index (κ3) is 3.01. The predicted octanol–water partition coefficient (Wildman–Crippen LogP) is 3.38. The molecule has 0 spiro atoms. The van der Waals surface area contributed by atoms with Gasteiger partial charge in [-0.1, -0.05) is 18.6 Å². The van der Waals surface area contributed by atoms with Crippen LogP contribution < -0.4 is 4.74 Å². The molecule has 0 N–H and O–H groups in total. The first-order valence-corrected chi connectivity index (χ1v) is 6.58. The molecule has 17 heavy (non-hydrogen) atoms. The lowest BCUT2D eigenvalue weighted by Gasteiger charge is -2.33. The van der Waals surface area contributed by atoms with Gasteiger partial charge >= 0.3 is 0 Å². The van der Waals surface area contributed by atoms with Crippen LogP contribution in [0, 0.1) is 6.92 Å². The van der Waals surface area contributed by atoms with Crippen molar-refractivity contribution >= 4 is 0 Å². The highest BCUT2D eigenvalue weighted by molar-refractivity contribution is 5.36. The van der Waals surface area contributed by atoms with Crippen LogP contribution in [0.25, 0.3) is 0 Å². The molecule has 0 aliphatic carbocycles. The number of hydrogen-bond donors (Lipinski definition) is 0. The van der Waals surface area contributed by atoms with Crippen molar-refractivity contribution in [3.63, 3.8) is 0 Å². The van der Waals surface area contributed by atoms with Gasteiger partial charge in [0, 0.05) is 12.6 Å². The molecule has 2 heteroatoms. The number of methoxy groups -OCH3 is 1. The maximum absolute atomic E-state index is 5.30. The Morgan fingerprint density at radius 2 is 2.18 bits per heavy atom. The number of likely N-dealkylation sites (tertiary alicyclic amines) is 1. The molecule has 1 aliphatic rings. The SMILES string of the molecule is COc1ccc(CN2CCCC[C@@H]2C)cc1C. The molecule has 94 valence electrons. The van der Waals surface area contributed by atoms with E-state index in [0.717, 1.165) is 18.3 Å². The van der Waals surface area contributed by atoms with Crippen LogP contribution >= 0.6 is 0 Å². The maximum Gasteiger partial charge on any atom is 0.121 e. The molecule has 0 bridgehead atoms. The Bertz CT molecular complexity index is 375. The van der Waals surface area contributed by atoms with E-state index in [9.17, 15) is 0 Å². The molecule has 1 saturated heterocycles. The zero-order chi connectivity index (χ0) is 12.3. The molecule has 0 radical (unpaired) electrons. The van der Waals surface area contributed by atoms with Gasteiger partial charge in [0.25, 0.3) is 0 Å². The summed E-state index contributed by atoms with van der Waals surface area (Å²) in [6.07, 6.45) is 4.08. The fraction of sp³-hybridized carbons (Fsp3) is 0.600. The molecule has 0 saturated carbocycles. The standard InChI is InChI=1S/C15H23NO/c1-12-10-14(7-8-15(12)17-3)11-16-9-5-4-6-13(16)2/h7-8,10,13H,4-6,9,11H2,1-3H3/t13-/m0/s1. The van der Waals surface area contributed by atoms with Crippen LogP contribution in [0.5, 0.6) is 5.75 Å². The third-order valence-corrected chi connectivity index (χ3v) is 3.79. The Kier molecular flexibility index (Phi) is 4.06. The van der Waals surface area contributed by atoms with E-state index in [2.05, 4.69) is 36.9 Å². The van der Waals surface area contributed by atoms with Gasteiger partial charge in [0.2, 0.25) is 0 Å². The van der Waals surface area contributed by atoms with Crippen LogP contribution in [-0.2, 0) is 6.54 Å².